The second-order valence-electron chi connectivity index (χ2n) is 4.99. The van der Waals surface area contributed by atoms with Crippen LogP contribution in [-0.2, 0) is 4.79 Å². The Morgan fingerprint density at radius 1 is 1.60 bits per heavy atom. The van der Waals surface area contributed by atoms with Gasteiger partial charge in [-0.05, 0) is 28.8 Å². The third-order valence-electron chi connectivity index (χ3n) is 3.64. The largest absolute Gasteiger partial charge is 0.481 e. The van der Waals surface area contributed by atoms with Crippen molar-refractivity contribution in [1.82, 2.24) is 4.98 Å². The van der Waals surface area contributed by atoms with Crippen LogP contribution in [0, 0.1) is 28.9 Å². The van der Waals surface area contributed by atoms with Crippen molar-refractivity contribution in [3.63, 3.8) is 0 Å². The van der Waals surface area contributed by atoms with Crippen molar-refractivity contribution in [3.05, 3.63) is 26.3 Å². The van der Waals surface area contributed by atoms with Crippen molar-refractivity contribution < 1.29 is 14.8 Å². The van der Waals surface area contributed by atoms with Gasteiger partial charge in [0.05, 0.1) is 15.3 Å². The van der Waals surface area contributed by atoms with Gasteiger partial charge in [0.2, 0.25) is 0 Å². The minimum absolute atomic E-state index is 0.0108. The summed E-state index contributed by atoms with van der Waals surface area (Å²) in [6.07, 6.45) is 1.22. The van der Waals surface area contributed by atoms with Crippen molar-refractivity contribution in [2.45, 2.75) is 13.8 Å². The normalized spacial score (nSPS) is 22.1. The van der Waals surface area contributed by atoms with E-state index in [0.717, 1.165) is 0 Å². The number of pyridine rings is 1. The Kier molecular flexibility index (Phi) is 3.94. The Bertz CT molecular complexity index is 578. The number of halogens is 1. The van der Waals surface area contributed by atoms with Gasteiger partial charge in [-0.3, -0.25) is 14.9 Å². The predicted octanol–water partition coefficient (Wildman–Crippen LogP) is 2.22. The zero-order valence-corrected chi connectivity index (χ0v) is 12.6. The number of rotatable bonds is 3. The van der Waals surface area contributed by atoms with Crippen LogP contribution in [0.5, 0.6) is 0 Å². The first-order valence-electron chi connectivity index (χ1n) is 6.10. The molecule has 1 aliphatic rings. The quantitative estimate of drug-likeness (QED) is 0.667. The summed E-state index contributed by atoms with van der Waals surface area (Å²) in [7, 11) is 0. The van der Waals surface area contributed by atoms with Gasteiger partial charge in [0.25, 0.3) is 5.69 Å². The smallest absolute Gasteiger partial charge is 0.308 e. The van der Waals surface area contributed by atoms with Crippen LogP contribution < -0.4 is 4.90 Å². The average Bonchev–Trinajstić information content (AvgIpc) is 2.74. The number of nitro groups is 1. The van der Waals surface area contributed by atoms with Crippen molar-refractivity contribution in [3.8, 4) is 0 Å². The lowest BCUT2D eigenvalue weighted by atomic mass is 9.99. The minimum atomic E-state index is -0.824. The maximum absolute atomic E-state index is 11.1. The van der Waals surface area contributed by atoms with Gasteiger partial charge in [-0.1, -0.05) is 6.92 Å². The maximum atomic E-state index is 11.1. The van der Waals surface area contributed by atoms with Crippen LogP contribution in [0.3, 0.4) is 0 Å². The highest BCUT2D eigenvalue weighted by molar-refractivity contribution is 9.10. The van der Waals surface area contributed by atoms with E-state index in [1.807, 2.05) is 11.8 Å². The number of hydrogen-bond acceptors (Lipinski definition) is 5. The van der Waals surface area contributed by atoms with Gasteiger partial charge >= 0.3 is 5.97 Å². The number of anilines is 1. The van der Waals surface area contributed by atoms with Gasteiger partial charge in [0.15, 0.2) is 0 Å². The predicted molar refractivity (Wildman–Crippen MR) is 75.8 cm³/mol. The molecule has 7 nitrogen and oxygen atoms in total. The molecule has 0 radical (unpaired) electrons. The van der Waals surface area contributed by atoms with Crippen LogP contribution in [0.4, 0.5) is 11.5 Å². The molecule has 20 heavy (non-hydrogen) atoms. The fraction of sp³-hybridized carbons (Fsp3) is 0.500. The molecule has 2 rings (SSSR count). The van der Waals surface area contributed by atoms with Crippen LogP contribution >= 0.6 is 15.9 Å². The molecule has 108 valence electrons. The lowest BCUT2D eigenvalue weighted by Gasteiger charge is -2.19. The van der Waals surface area contributed by atoms with E-state index in [1.165, 1.54) is 6.20 Å². The summed E-state index contributed by atoms with van der Waals surface area (Å²) in [6.45, 7) is 4.45. The molecule has 2 atom stereocenters. The number of aliphatic carboxylic acids is 1. The summed E-state index contributed by atoms with van der Waals surface area (Å²) in [5.41, 5.74) is 0.439. The molecule has 0 aromatic carbocycles. The molecule has 1 fully saturated rings. The number of carbonyl (C=O) groups is 1. The number of carboxylic acids is 1. The third kappa shape index (κ3) is 2.47. The van der Waals surface area contributed by atoms with Gasteiger partial charge < -0.3 is 10.0 Å². The average molecular weight is 344 g/mol. The molecule has 1 N–H and O–H groups in total. The van der Waals surface area contributed by atoms with Crippen molar-refractivity contribution in [2.75, 3.05) is 18.0 Å². The van der Waals surface area contributed by atoms with Gasteiger partial charge in [-0.25, -0.2) is 4.98 Å². The van der Waals surface area contributed by atoms with Crippen LogP contribution in [0.1, 0.15) is 12.5 Å². The van der Waals surface area contributed by atoms with Gasteiger partial charge in [0.1, 0.15) is 12.0 Å². The number of aromatic nitrogens is 1. The third-order valence-corrected chi connectivity index (χ3v) is 4.59. The van der Waals surface area contributed by atoms with Crippen molar-refractivity contribution in [1.29, 1.82) is 0 Å². The molecule has 1 aliphatic heterocycles. The summed E-state index contributed by atoms with van der Waals surface area (Å²) in [4.78, 5) is 27.5. The molecule has 8 heteroatoms. The van der Waals surface area contributed by atoms with E-state index >= 15 is 0 Å². The molecule has 0 unspecified atom stereocenters. The molecular weight excluding hydrogens is 330 g/mol. The molecule has 0 amide bonds. The number of carboxylic acid groups (broad SMARTS) is 1. The Morgan fingerprint density at radius 2 is 2.25 bits per heavy atom. The van der Waals surface area contributed by atoms with Gasteiger partial charge in [0, 0.05) is 18.7 Å². The highest BCUT2D eigenvalue weighted by Crippen LogP contribution is 2.36. The lowest BCUT2D eigenvalue weighted by molar-refractivity contribution is -0.385. The summed E-state index contributed by atoms with van der Waals surface area (Å²) in [6, 6.07) is 0. The van der Waals surface area contributed by atoms with Crippen molar-refractivity contribution >= 4 is 33.4 Å². The Labute approximate surface area is 123 Å². The lowest BCUT2D eigenvalue weighted by Crippen LogP contribution is -2.24. The standard InChI is InChI=1S/C12H14BrN3O4/c1-6-4-15(5-8(6)12(17)18)11-10(13)7(2)9(3-14-11)16(19)20/h3,6,8H,4-5H2,1-2H3,(H,17,18)/t6-,8-/m1/s1. The van der Waals surface area contributed by atoms with Crippen molar-refractivity contribution in [2.24, 2.45) is 11.8 Å². The number of nitrogens with zero attached hydrogens (tertiary/aromatic N) is 3. The first-order chi connectivity index (χ1) is 9.32. The van der Waals surface area contributed by atoms with Crippen LogP contribution in [0.25, 0.3) is 0 Å². The van der Waals surface area contributed by atoms with E-state index in [2.05, 4.69) is 20.9 Å². The SMILES string of the molecule is Cc1c([N+](=O)[O-])cnc(N2C[C@@H](C)[C@H](C(=O)O)C2)c1Br. The Morgan fingerprint density at radius 3 is 2.75 bits per heavy atom. The fourth-order valence-corrected chi connectivity index (χ4v) is 2.98. The first kappa shape index (κ1) is 14.7. The molecular formula is C12H14BrN3O4. The van der Waals surface area contributed by atoms with E-state index in [-0.39, 0.29) is 11.6 Å². The van der Waals surface area contributed by atoms with E-state index in [1.54, 1.807) is 6.92 Å². The van der Waals surface area contributed by atoms with Gasteiger partial charge in [-0.15, -0.1) is 0 Å². The van der Waals surface area contributed by atoms with E-state index in [4.69, 9.17) is 5.11 Å². The van der Waals surface area contributed by atoms with Crippen LogP contribution in [0.2, 0.25) is 0 Å². The first-order valence-corrected chi connectivity index (χ1v) is 6.89. The van der Waals surface area contributed by atoms with Gasteiger partial charge in [-0.2, -0.15) is 0 Å². The summed E-state index contributed by atoms with van der Waals surface area (Å²) >= 11 is 3.33. The van der Waals surface area contributed by atoms with E-state index < -0.39 is 16.8 Å². The fourth-order valence-electron chi connectivity index (χ4n) is 2.42. The Balaban J connectivity index is 2.34. The summed E-state index contributed by atoms with van der Waals surface area (Å²) in [5.74, 6) is -0.700. The monoisotopic (exact) mass is 343 g/mol. The highest BCUT2D eigenvalue weighted by atomic mass is 79.9. The summed E-state index contributed by atoms with van der Waals surface area (Å²) in [5, 5.41) is 20.0. The molecule has 0 aliphatic carbocycles. The second-order valence-corrected chi connectivity index (χ2v) is 5.78. The number of hydrogen-bond donors (Lipinski definition) is 1. The zero-order valence-electron chi connectivity index (χ0n) is 11.0. The van der Waals surface area contributed by atoms with Crippen LogP contribution in [-0.4, -0.2) is 34.1 Å². The minimum Gasteiger partial charge on any atom is -0.481 e. The molecule has 1 aromatic rings. The molecule has 0 bridgehead atoms. The van der Waals surface area contributed by atoms with Crippen LogP contribution in [0.15, 0.2) is 10.7 Å². The molecule has 0 spiro atoms. The van der Waals surface area contributed by atoms with E-state index in [0.29, 0.717) is 28.9 Å². The second kappa shape index (κ2) is 5.35. The molecule has 0 saturated carbocycles. The van der Waals surface area contributed by atoms with E-state index in [9.17, 15) is 14.9 Å². The molecule has 1 saturated heterocycles. The highest BCUT2D eigenvalue weighted by Gasteiger charge is 2.36. The Hall–Kier alpha value is -1.70. The summed E-state index contributed by atoms with van der Waals surface area (Å²) < 4.78 is 0.546. The zero-order chi connectivity index (χ0) is 15.0. The maximum Gasteiger partial charge on any atom is 0.308 e. The topological polar surface area (TPSA) is 96.6 Å². The molecule has 1 aromatic heterocycles. The molecule has 2 heterocycles.